The molecule has 0 saturated carbocycles. The van der Waals surface area contributed by atoms with Crippen LogP contribution in [0.1, 0.15) is 31.6 Å². The van der Waals surface area contributed by atoms with Crippen molar-refractivity contribution in [1.29, 1.82) is 0 Å². The highest BCUT2D eigenvalue weighted by molar-refractivity contribution is 6.30. The highest BCUT2D eigenvalue weighted by Crippen LogP contribution is 2.20. The van der Waals surface area contributed by atoms with Gasteiger partial charge in [-0.2, -0.15) is 0 Å². The minimum Gasteiger partial charge on any atom is -0.334 e. The van der Waals surface area contributed by atoms with Gasteiger partial charge in [0.25, 0.3) is 5.56 Å². The molecule has 1 aromatic heterocycles. The van der Waals surface area contributed by atoms with Gasteiger partial charge in [0.15, 0.2) is 0 Å². The Labute approximate surface area is 189 Å². The van der Waals surface area contributed by atoms with Crippen LogP contribution in [-0.4, -0.2) is 27.4 Å². The van der Waals surface area contributed by atoms with Crippen LogP contribution in [0.15, 0.2) is 47.3 Å². The lowest BCUT2D eigenvalue weighted by molar-refractivity contribution is -0.135. The van der Waals surface area contributed by atoms with E-state index < -0.39 is 29.4 Å². The molecule has 3 N–H and O–H groups in total. The monoisotopic (exact) mass is 454 g/mol. The van der Waals surface area contributed by atoms with E-state index in [9.17, 15) is 19.2 Å². The van der Waals surface area contributed by atoms with Crippen molar-refractivity contribution in [3.8, 4) is 0 Å². The first-order valence-electron chi connectivity index (χ1n) is 10.3. The number of piperidine rings is 1. The third kappa shape index (κ3) is 4.47. The number of hydrogen-bond acceptors (Lipinski definition) is 5. The average molecular weight is 455 g/mol. The molecular weight excluding hydrogens is 434 g/mol. The SMILES string of the molecule is [2H][C@@]1(n2c(C)nc3ccc(CNC(=O)Nc4ccc(Cl)cc4)cc3c2=O)CCC(=O)NC1=O. The van der Waals surface area contributed by atoms with Gasteiger partial charge in [-0.05, 0) is 55.3 Å². The second-order valence-electron chi connectivity index (χ2n) is 7.29. The number of rotatable bonds is 4. The van der Waals surface area contributed by atoms with Crippen LogP contribution in [0.2, 0.25) is 5.02 Å². The van der Waals surface area contributed by atoms with Crippen molar-refractivity contribution in [3.63, 3.8) is 0 Å². The van der Waals surface area contributed by atoms with E-state index in [-0.39, 0.29) is 30.6 Å². The number of carbonyl (C=O) groups excluding carboxylic acids is 3. The topological polar surface area (TPSA) is 122 Å². The van der Waals surface area contributed by atoms with Crippen LogP contribution >= 0.6 is 11.6 Å². The Morgan fingerprint density at radius 3 is 2.72 bits per heavy atom. The van der Waals surface area contributed by atoms with Gasteiger partial charge >= 0.3 is 6.03 Å². The van der Waals surface area contributed by atoms with Crippen LogP contribution < -0.4 is 21.5 Å². The quantitative estimate of drug-likeness (QED) is 0.523. The molecule has 4 rings (SSSR count). The van der Waals surface area contributed by atoms with Crippen LogP contribution in [0.25, 0.3) is 10.9 Å². The summed E-state index contributed by atoms with van der Waals surface area (Å²) in [6.45, 7) is 1.67. The van der Waals surface area contributed by atoms with Gasteiger partial charge < -0.3 is 10.6 Å². The summed E-state index contributed by atoms with van der Waals surface area (Å²) in [6.07, 6.45) is -0.177. The second-order valence-corrected chi connectivity index (χ2v) is 7.73. The van der Waals surface area contributed by atoms with Crippen LogP contribution in [0.3, 0.4) is 0 Å². The normalized spacial score (nSPS) is 18.8. The summed E-state index contributed by atoms with van der Waals surface area (Å²) in [5, 5.41) is 8.26. The van der Waals surface area contributed by atoms with Gasteiger partial charge in [0.2, 0.25) is 11.8 Å². The maximum atomic E-state index is 13.3. The Balaban J connectivity index is 1.58. The van der Waals surface area contributed by atoms with E-state index in [4.69, 9.17) is 13.0 Å². The van der Waals surface area contributed by atoms with Gasteiger partial charge in [-0.25, -0.2) is 9.78 Å². The summed E-state index contributed by atoms with van der Waals surface area (Å²) in [7, 11) is 0. The molecule has 0 bridgehead atoms. The number of imide groups is 1. The fourth-order valence-electron chi connectivity index (χ4n) is 3.48. The molecule has 0 unspecified atom stereocenters. The predicted molar refractivity (Wildman–Crippen MR) is 119 cm³/mol. The third-order valence-electron chi connectivity index (χ3n) is 5.03. The second kappa shape index (κ2) is 8.80. The zero-order chi connectivity index (χ0) is 23.8. The molecule has 10 heteroatoms. The summed E-state index contributed by atoms with van der Waals surface area (Å²) in [5.41, 5.74) is 1.04. The number of hydrogen-bond donors (Lipinski definition) is 3. The molecule has 9 nitrogen and oxygen atoms in total. The molecule has 1 aliphatic heterocycles. The number of nitrogens with zero attached hydrogens (tertiary/aromatic N) is 2. The molecule has 2 heterocycles. The zero-order valence-corrected chi connectivity index (χ0v) is 17.8. The van der Waals surface area contributed by atoms with E-state index >= 15 is 0 Å². The number of urea groups is 1. The van der Waals surface area contributed by atoms with Gasteiger partial charge in [0, 0.05) is 23.7 Å². The van der Waals surface area contributed by atoms with Crippen molar-refractivity contribution in [2.75, 3.05) is 5.32 Å². The van der Waals surface area contributed by atoms with Crippen LogP contribution in [0, 0.1) is 6.92 Å². The summed E-state index contributed by atoms with van der Waals surface area (Å²) in [6, 6.07) is 9.17. The van der Waals surface area contributed by atoms with Gasteiger partial charge in [-0.3, -0.25) is 24.3 Å². The summed E-state index contributed by atoms with van der Waals surface area (Å²) < 4.78 is 9.63. The molecule has 32 heavy (non-hydrogen) atoms. The lowest BCUT2D eigenvalue weighted by Gasteiger charge is -2.24. The van der Waals surface area contributed by atoms with E-state index in [0.29, 0.717) is 21.8 Å². The van der Waals surface area contributed by atoms with Gasteiger partial charge in [-0.15, -0.1) is 0 Å². The fourth-order valence-corrected chi connectivity index (χ4v) is 3.61. The maximum Gasteiger partial charge on any atom is 0.319 e. The number of halogens is 1. The molecule has 1 fully saturated rings. The van der Waals surface area contributed by atoms with E-state index in [2.05, 4.69) is 20.9 Å². The Morgan fingerprint density at radius 1 is 1.25 bits per heavy atom. The van der Waals surface area contributed by atoms with Crippen molar-refractivity contribution in [3.05, 3.63) is 69.2 Å². The van der Waals surface area contributed by atoms with E-state index in [1.165, 1.54) is 6.92 Å². The van der Waals surface area contributed by atoms with E-state index in [1.54, 1.807) is 42.5 Å². The predicted octanol–water partition coefficient (Wildman–Crippen LogP) is 2.66. The highest BCUT2D eigenvalue weighted by Gasteiger charge is 2.30. The number of nitrogens with one attached hydrogen (secondary N) is 3. The Bertz CT molecular complexity index is 1340. The van der Waals surface area contributed by atoms with Gasteiger partial charge in [0.05, 0.1) is 12.3 Å². The van der Waals surface area contributed by atoms with Crippen molar-refractivity contribution < 1.29 is 15.8 Å². The number of aromatic nitrogens is 2. The third-order valence-corrected chi connectivity index (χ3v) is 5.28. The standard InChI is InChI=1S/C22H20ClN5O4/c1-12-25-17-7-2-13(11-24-22(32)26-15-5-3-14(23)4-6-15)10-16(17)21(31)28(12)18-8-9-19(29)27-20(18)30/h2-7,10,18H,8-9,11H2,1H3,(H2,24,26,32)(H,27,29,30)/t18-/m1/s1/i18D. The summed E-state index contributed by atoms with van der Waals surface area (Å²) in [4.78, 5) is 53.8. The Morgan fingerprint density at radius 2 is 2.00 bits per heavy atom. The lowest BCUT2D eigenvalue weighted by Crippen LogP contribution is -2.45. The Kier molecular flexibility index (Phi) is 5.55. The molecule has 1 saturated heterocycles. The number of carbonyl (C=O) groups is 3. The number of aryl methyl sites for hydroxylation is 1. The number of anilines is 1. The van der Waals surface area contributed by atoms with Crippen LogP contribution in [-0.2, 0) is 16.1 Å². The minimum atomic E-state index is -1.97. The first-order chi connectivity index (χ1) is 15.7. The molecule has 2 aromatic carbocycles. The van der Waals surface area contributed by atoms with Crippen LogP contribution in [0.5, 0.6) is 0 Å². The number of benzene rings is 2. The van der Waals surface area contributed by atoms with E-state index in [1.807, 2.05) is 0 Å². The highest BCUT2D eigenvalue weighted by atomic mass is 35.5. The Hall–Kier alpha value is -3.72. The zero-order valence-electron chi connectivity index (χ0n) is 18.1. The number of amides is 4. The van der Waals surface area contributed by atoms with Crippen molar-refractivity contribution in [1.82, 2.24) is 20.2 Å². The largest absolute Gasteiger partial charge is 0.334 e. The molecular formula is C22H20ClN5O4. The minimum absolute atomic E-state index is 0.0498. The maximum absolute atomic E-state index is 13.3. The average Bonchev–Trinajstić information content (AvgIpc) is 2.77. The lowest BCUT2D eigenvalue weighted by atomic mass is 10.0. The summed E-state index contributed by atoms with van der Waals surface area (Å²) >= 11 is 5.83. The fraction of sp³-hybridized carbons (Fsp3) is 0.227. The molecule has 3 aromatic rings. The van der Waals surface area contributed by atoms with Crippen molar-refractivity contribution in [2.24, 2.45) is 0 Å². The van der Waals surface area contributed by atoms with Gasteiger partial charge in [-0.1, -0.05) is 17.7 Å². The van der Waals surface area contributed by atoms with Crippen molar-refractivity contribution >= 4 is 46.0 Å². The first kappa shape index (κ1) is 20.2. The molecule has 0 radical (unpaired) electrons. The molecule has 1 aliphatic rings. The molecule has 1 atom stereocenters. The first-order valence-corrected chi connectivity index (χ1v) is 10.2. The van der Waals surface area contributed by atoms with Crippen LogP contribution in [0.4, 0.5) is 10.5 Å². The smallest absolute Gasteiger partial charge is 0.319 e. The molecule has 0 spiro atoms. The van der Waals surface area contributed by atoms with E-state index in [0.717, 1.165) is 4.57 Å². The molecule has 164 valence electrons. The van der Waals surface area contributed by atoms with Crippen molar-refractivity contribution in [2.45, 2.75) is 32.3 Å². The molecule has 0 aliphatic carbocycles. The molecule has 4 amide bonds. The summed E-state index contributed by atoms with van der Waals surface area (Å²) in [5.74, 6) is -1.14. The number of fused-ring (bicyclic) bond motifs is 1. The van der Waals surface area contributed by atoms with Gasteiger partial charge in [0.1, 0.15) is 11.8 Å².